The van der Waals surface area contributed by atoms with Crippen molar-refractivity contribution in [3.8, 4) is 0 Å². The van der Waals surface area contributed by atoms with Gasteiger partial charge in [-0.25, -0.2) is 4.98 Å². The monoisotopic (exact) mass is 297 g/mol. The Morgan fingerprint density at radius 3 is 2.74 bits per heavy atom. The van der Waals surface area contributed by atoms with Crippen LogP contribution in [-0.4, -0.2) is 23.6 Å². The van der Waals surface area contributed by atoms with Crippen LogP contribution >= 0.6 is 22.9 Å². The average molecular weight is 298 g/mol. The molecule has 1 unspecified atom stereocenters. The molecule has 2 heterocycles. The predicted molar refractivity (Wildman–Crippen MR) is 84.5 cm³/mol. The Morgan fingerprint density at radius 1 is 1.37 bits per heavy atom. The number of fused-ring (bicyclic) bond motifs is 1. The summed E-state index contributed by atoms with van der Waals surface area (Å²) in [6, 6.07) is 2.19. The molecule has 0 fully saturated rings. The number of hydrogen-bond acceptors (Lipinski definition) is 4. The van der Waals surface area contributed by atoms with E-state index in [1.165, 1.54) is 4.88 Å². The van der Waals surface area contributed by atoms with Gasteiger partial charge in [0.1, 0.15) is 10.6 Å². The smallest absolute Gasteiger partial charge is 0.225 e. The maximum Gasteiger partial charge on any atom is 0.225 e. The van der Waals surface area contributed by atoms with Crippen molar-refractivity contribution in [1.29, 1.82) is 0 Å². The van der Waals surface area contributed by atoms with Gasteiger partial charge in [0.2, 0.25) is 5.28 Å². The third-order valence-corrected chi connectivity index (χ3v) is 4.73. The minimum absolute atomic E-state index is 0.336. The molecule has 104 valence electrons. The fraction of sp³-hybridized carbons (Fsp3) is 0.571. The van der Waals surface area contributed by atoms with Crippen molar-refractivity contribution in [1.82, 2.24) is 9.97 Å². The van der Waals surface area contributed by atoms with Crippen LogP contribution in [0.15, 0.2) is 6.07 Å². The number of hydrogen-bond donors (Lipinski definition) is 0. The van der Waals surface area contributed by atoms with E-state index < -0.39 is 0 Å². The summed E-state index contributed by atoms with van der Waals surface area (Å²) in [6.45, 7) is 7.60. The Balaban J connectivity index is 2.43. The summed E-state index contributed by atoms with van der Waals surface area (Å²) in [5.41, 5.74) is 0. The first-order valence-electron chi connectivity index (χ1n) is 6.72. The highest BCUT2D eigenvalue weighted by Crippen LogP contribution is 2.32. The topological polar surface area (TPSA) is 29.0 Å². The number of anilines is 1. The van der Waals surface area contributed by atoms with E-state index in [0.29, 0.717) is 11.2 Å². The van der Waals surface area contributed by atoms with Gasteiger partial charge in [0, 0.05) is 18.5 Å². The Labute approximate surface area is 123 Å². The van der Waals surface area contributed by atoms with Gasteiger partial charge in [-0.05, 0) is 30.0 Å². The molecule has 0 aliphatic heterocycles. The van der Waals surface area contributed by atoms with Crippen LogP contribution in [-0.2, 0) is 6.42 Å². The van der Waals surface area contributed by atoms with E-state index in [2.05, 4.69) is 48.8 Å². The van der Waals surface area contributed by atoms with Crippen LogP contribution in [0.25, 0.3) is 10.2 Å². The molecule has 0 spiro atoms. The zero-order valence-electron chi connectivity index (χ0n) is 11.9. The van der Waals surface area contributed by atoms with Gasteiger partial charge in [-0.2, -0.15) is 4.98 Å². The van der Waals surface area contributed by atoms with Crippen molar-refractivity contribution in [3.05, 3.63) is 16.2 Å². The second-order valence-corrected chi connectivity index (χ2v) is 6.45. The molecule has 19 heavy (non-hydrogen) atoms. The fourth-order valence-corrected chi connectivity index (χ4v) is 3.26. The summed E-state index contributed by atoms with van der Waals surface area (Å²) < 4.78 is 0. The van der Waals surface area contributed by atoms with Crippen molar-refractivity contribution in [3.63, 3.8) is 0 Å². The van der Waals surface area contributed by atoms with Crippen molar-refractivity contribution in [2.45, 2.75) is 33.6 Å². The lowest BCUT2D eigenvalue weighted by Crippen LogP contribution is -2.24. The van der Waals surface area contributed by atoms with Crippen LogP contribution in [0.1, 0.15) is 32.1 Å². The molecule has 0 amide bonds. The van der Waals surface area contributed by atoms with Gasteiger partial charge in [0.25, 0.3) is 0 Å². The standard InChI is InChI=1S/C14H20ClN3S/c1-5-9(3)8-18(4)12-11-7-10(6-2)19-13(11)17-14(15)16-12/h7,9H,5-6,8H2,1-4H3. The molecule has 2 rings (SSSR count). The van der Waals surface area contributed by atoms with Crippen LogP contribution in [0.5, 0.6) is 0 Å². The van der Waals surface area contributed by atoms with E-state index in [-0.39, 0.29) is 0 Å². The Hall–Kier alpha value is -0.870. The summed E-state index contributed by atoms with van der Waals surface area (Å²) in [6.07, 6.45) is 2.18. The Kier molecular flexibility index (Phi) is 4.63. The Morgan fingerprint density at radius 2 is 2.11 bits per heavy atom. The molecule has 0 saturated carbocycles. The van der Waals surface area contributed by atoms with E-state index in [0.717, 1.165) is 35.4 Å². The van der Waals surface area contributed by atoms with Gasteiger partial charge in [-0.3, -0.25) is 0 Å². The van der Waals surface area contributed by atoms with Crippen molar-refractivity contribution < 1.29 is 0 Å². The molecule has 2 aromatic rings. The molecule has 0 bridgehead atoms. The van der Waals surface area contributed by atoms with Gasteiger partial charge in [-0.15, -0.1) is 11.3 Å². The van der Waals surface area contributed by atoms with E-state index in [1.807, 2.05) is 0 Å². The normalized spacial score (nSPS) is 12.9. The molecule has 0 saturated heterocycles. The number of aryl methyl sites for hydroxylation is 1. The molecule has 0 aromatic carbocycles. The highest BCUT2D eigenvalue weighted by atomic mass is 35.5. The first-order valence-corrected chi connectivity index (χ1v) is 7.91. The molecule has 1 atom stereocenters. The van der Waals surface area contributed by atoms with Crippen LogP contribution in [0.2, 0.25) is 5.28 Å². The zero-order chi connectivity index (χ0) is 14.0. The molecule has 2 aromatic heterocycles. The van der Waals surface area contributed by atoms with Gasteiger partial charge >= 0.3 is 0 Å². The van der Waals surface area contributed by atoms with Crippen molar-refractivity contribution in [2.24, 2.45) is 5.92 Å². The number of rotatable bonds is 5. The summed E-state index contributed by atoms with van der Waals surface area (Å²) in [7, 11) is 2.08. The van der Waals surface area contributed by atoms with Gasteiger partial charge in [-0.1, -0.05) is 27.2 Å². The summed E-state index contributed by atoms with van der Waals surface area (Å²) in [5.74, 6) is 1.59. The molecular weight excluding hydrogens is 278 g/mol. The quantitative estimate of drug-likeness (QED) is 0.767. The van der Waals surface area contributed by atoms with E-state index in [9.17, 15) is 0 Å². The summed E-state index contributed by atoms with van der Waals surface area (Å²) in [5, 5.41) is 1.46. The molecular formula is C14H20ClN3S. The molecule has 3 nitrogen and oxygen atoms in total. The van der Waals surface area contributed by atoms with Crippen LogP contribution in [0.3, 0.4) is 0 Å². The highest BCUT2D eigenvalue weighted by molar-refractivity contribution is 7.18. The van der Waals surface area contributed by atoms with E-state index in [1.54, 1.807) is 11.3 Å². The third kappa shape index (κ3) is 3.18. The molecule has 0 aliphatic carbocycles. The molecule has 5 heteroatoms. The second kappa shape index (κ2) is 6.06. The minimum atomic E-state index is 0.336. The highest BCUT2D eigenvalue weighted by Gasteiger charge is 2.15. The lowest BCUT2D eigenvalue weighted by molar-refractivity contribution is 0.558. The van der Waals surface area contributed by atoms with Crippen molar-refractivity contribution >= 4 is 39.0 Å². The molecule has 0 N–H and O–H groups in total. The number of aromatic nitrogens is 2. The SMILES string of the molecule is CCc1cc2c(N(C)CC(C)CC)nc(Cl)nc2s1. The van der Waals surface area contributed by atoms with Gasteiger partial charge in [0.05, 0.1) is 5.39 Å². The van der Waals surface area contributed by atoms with Crippen molar-refractivity contribution in [2.75, 3.05) is 18.5 Å². The van der Waals surface area contributed by atoms with E-state index in [4.69, 9.17) is 11.6 Å². The largest absolute Gasteiger partial charge is 0.359 e. The zero-order valence-corrected chi connectivity index (χ0v) is 13.5. The maximum atomic E-state index is 6.05. The number of nitrogens with zero attached hydrogens (tertiary/aromatic N) is 3. The van der Waals surface area contributed by atoms with Crippen LogP contribution in [0, 0.1) is 5.92 Å². The predicted octanol–water partition coefficient (Wildman–Crippen LogP) is 4.39. The lowest BCUT2D eigenvalue weighted by atomic mass is 10.1. The first-order chi connectivity index (χ1) is 9.05. The van der Waals surface area contributed by atoms with Gasteiger partial charge < -0.3 is 4.90 Å². The summed E-state index contributed by atoms with van der Waals surface area (Å²) >= 11 is 7.75. The molecule has 0 aliphatic rings. The lowest BCUT2D eigenvalue weighted by Gasteiger charge is -2.22. The minimum Gasteiger partial charge on any atom is -0.359 e. The number of thiophene rings is 1. The van der Waals surface area contributed by atoms with E-state index >= 15 is 0 Å². The fourth-order valence-electron chi connectivity index (χ4n) is 2.08. The average Bonchev–Trinajstić information content (AvgIpc) is 2.80. The van der Waals surface area contributed by atoms with Crippen LogP contribution in [0.4, 0.5) is 5.82 Å². The second-order valence-electron chi connectivity index (χ2n) is 5.00. The Bertz CT molecular complexity index is 567. The molecule has 0 radical (unpaired) electrons. The van der Waals surface area contributed by atoms with Crippen LogP contribution < -0.4 is 4.90 Å². The third-order valence-electron chi connectivity index (χ3n) is 3.39. The summed E-state index contributed by atoms with van der Waals surface area (Å²) in [4.78, 5) is 13.3. The first kappa shape index (κ1) is 14.5. The van der Waals surface area contributed by atoms with Gasteiger partial charge in [0.15, 0.2) is 0 Å². The maximum absolute atomic E-state index is 6.05. The number of halogens is 1.